The Kier molecular flexibility index (Phi) is 5.83. The van der Waals surface area contributed by atoms with Crippen molar-refractivity contribution in [1.29, 1.82) is 0 Å². The van der Waals surface area contributed by atoms with Crippen LogP contribution in [0, 0.1) is 0 Å². The summed E-state index contributed by atoms with van der Waals surface area (Å²) in [5.41, 5.74) is 5.36. The minimum absolute atomic E-state index is 0.158. The van der Waals surface area contributed by atoms with E-state index in [2.05, 4.69) is 27.1 Å². The summed E-state index contributed by atoms with van der Waals surface area (Å²) in [5.74, 6) is 1.47. The first-order valence-corrected chi connectivity index (χ1v) is 11.0. The summed E-state index contributed by atoms with van der Waals surface area (Å²) < 4.78 is 18.8. The van der Waals surface area contributed by atoms with Crippen molar-refractivity contribution in [2.75, 3.05) is 32.3 Å². The molecule has 0 spiro atoms. The van der Waals surface area contributed by atoms with Crippen molar-refractivity contribution < 1.29 is 14.2 Å². The van der Waals surface area contributed by atoms with Gasteiger partial charge in [0.25, 0.3) is 0 Å². The lowest BCUT2D eigenvalue weighted by Gasteiger charge is -2.28. The van der Waals surface area contributed by atoms with E-state index in [1.165, 1.54) is 0 Å². The van der Waals surface area contributed by atoms with Gasteiger partial charge in [-0.1, -0.05) is 0 Å². The lowest BCUT2D eigenvalue weighted by atomic mass is 10.1. The molecule has 0 amide bonds. The van der Waals surface area contributed by atoms with E-state index in [4.69, 9.17) is 19.2 Å². The topological polar surface area (TPSA) is 74.5 Å². The average molecular weight is 446 g/mol. The average Bonchev–Trinajstić information content (AvgIpc) is 3.53. The molecule has 1 fully saturated rings. The second-order valence-electron chi connectivity index (χ2n) is 8.15. The fourth-order valence-electron chi connectivity index (χ4n) is 4.16. The lowest BCUT2D eigenvalue weighted by Crippen LogP contribution is -2.28. The maximum absolute atomic E-state index is 5.96. The van der Waals surface area contributed by atoms with Gasteiger partial charge in [0.15, 0.2) is 0 Å². The molecule has 8 heteroatoms. The Morgan fingerprint density at radius 1 is 1.03 bits per heavy atom. The summed E-state index contributed by atoms with van der Waals surface area (Å²) in [7, 11) is 5.21. The summed E-state index contributed by atoms with van der Waals surface area (Å²) in [4.78, 5) is 11.7. The van der Waals surface area contributed by atoms with E-state index >= 15 is 0 Å². The molecule has 0 N–H and O–H groups in total. The number of rotatable bonds is 7. The third-order valence-electron chi connectivity index (χ3n) is 5.90. The lowest BCUT2D eigenvalue weighted by molar-refractivity contribution is 0.117. The molecule has 0 radical (unpaired) electrons. The van der Waals surface area contributed by atoms with Crippen molar-refractivity contribution in [1.82, 2.24) is 19.7 Å². The second-order valence-corrected chi connectivity index (χ2v) is 8.15. The first-order chi connectivity index (χ1) is 16.1. The zero-order chi connectivity index (χ0) is 22.8. The molecule has 0 bridgehead atoms. The molecule has 1 unspecified atom stereocenters. The highest BCUT2D eigenvalue weighted by Gasteiger charge is 2.22. The van der Waals surface area contributed by atoms with Crippen LogP contribution in [0.25, 0.3) is 22.3 Å². The van der Waals surface area contributed by atoms with Gasteiger partial charge in [-0.05, 0) is 31.0 Å². The maximum Gasteiger partial charge on any atom is 0.124 e. The van der Waals surface area contributed by atoms with Crippen molar-refractivity contribution >= 4 is 22.4 Å². The Morgan fingerprint density at radius 2 is 1.85 bits per heavy atom. The van der Waals surface area contributed by atoms with E-state index in [0.29, 0.717) is 0 Å². The van der Waals surface area contributed by atoms with E-state index < -0.39 is 0 Å². The fraction of sp³-hybridized carbons (Fsp3) is 0.320. The predicted octanol–water partition coefficient (Wildman–Crippen LogP) is 4.36. The van der Waals surface area contributed by atoms with Crippen LogP contribution in [0.3, 0.4) is 0 Å². The van der Waals surface area contributed by atoms with Crippen LogP contribution in [0.2, 0.25) is 0 Å². The van der Waals surface area contributed by atoms with Crippen molar-refractivity contribution in [3.8, 4) is 22.8 Å². The molecule has 1 aliphatic heterocycles. The van der Waals surface area contributed by atoms with Gasteiger partial charge in [-0.25, -0.2) is 4.98 Å². The number of benzene rings is 2. The number of fused-ring (bicyclic) bond motifs is 1. The molecule has 1 saturated heterocycles. The summed E-state index contributed by atoms with van der Waals surface area (Å²) >= 11 is 0. The van der Waals surface area contributed by atoms with Crippen molar-refractivity contribution in [3.05, 3.63) is 55.0 Å². The second kappa shape index (κ2) is 9.07. The zero-order valence-corrected chi connectivity index (χ0v) is 19.1. The standard InChI is InChI=1S/C25H27N5O3/c1-29-15-17(13-27-29)25-14-26-23-7-6-18(11-24(23)28-25)30(16-20-5-4-8-33-20)19-9-21(31-2)12-22(10-19)32-3/h6-7,9-15,20H,4-5,8,16H2,1-3H3. The van der Waals surface area contributed by atoms with Crippen LogP contribution in [0.1, 0.15) is 12.8 Å². The summed E-state index contributed by atoms with van der Waals surface area (Å²) in [6, 6.07) is 12.0. The van der Waals surface area contributed by atoms with E-state index in [0.717, 1.165) is 71.2 Å². The van der Waals surface area contributed by atoms with Crippen molar-refractivity contribution in [2.24, 2.45) is 7.05 Å². The zero-order valence-electron chi connectivity index (χ0n) is 19.1. The maximum atomic E-state index is 5.96. The van der Waals surface area contributed by atoms with Crippen molar-refractivity contribution in [3.63, 3.8) is 0 Å². The van der Waals surface area contributed by atoms with Gasteiger partial charge >= 0.3 is 0 Å². The van der Waals surface area contributed by atoms with Gasteiger partial charge in [-0.2, -0.15) is 5.10 Å². The van der Waals surface area contributed by atoms with Crippen LogP contribution in [0.15, 0.2) is 55.0 Å². The summed E-state index contributed by atoms with van der Waals surface area (Å²) in [6.07, 6.45) is 7.80. The number of hydrogen-bond acceptors (Lipinski definition) is 7. The molecule has 1 aliphatic rings. The molecule has 8 nitrogen and oxygen atoms in total. The van der Waals surface area contributed by atoms with Crippen LogP contribution in [-0.2, 0) is 11.8 Å². The number of nitrogens with zero attached hydrogens (tertiary/aromatic N) is 5. The molecular formula is C25H27N5O3. The van der Waals surface area contributed by atoms with Gasteiger partial charge in [0.1, 0.15) is 11.5 Å². The SMILES string of the molecule is COc1cc(OC)cc(N(CC2CCCO2)c2ccc3ncc(-c4cnn(C)c4)nc3c2)c1. The predicted molar refractivity (Wildman–Crippen MR) is 127 cm³/mol. The summed E-state index contributed by atoms with van der Waals surface area (Å²) in [6.45, 7) is 1.52. The molecule has 5 rings (SSSR count). The van der Waals surface area contributed by atoms with Gasteiger partial charge in [-0.15, -0.1) is 0 Å². The highest BCUT2D eigenvalue weighted by atomic mass is 16.5. The normalized spacial score (nSPS) is 15.7. The monoisotopic (exact) mass is 445 g/mol. The Bertz CT molecular complexity index is 1240. The largest absolute Gasteiger partial charge is 0.497 e. The number of aromatic nitrogens is 4. The Hall–Kier alpha value is -3.65. The Morgan fingerprint density at radius 3 is 2.52 bits per heavy atom. The number of hydrogen-bond donors (Lipinski definition) is 0. The molecule has 1 atom stereocenters. The smallest absolute Gasteiger partial charge is 0.124 e. The Labute approximate surface area is 192 Å². The van der Waals surface area contributed by atoms with Gasteiger partial charge in [0.05, 0.1) is 49.4 Å². The number of aryl methyl sites for hydroxylation is 1. The summed E-state index contributed by atoms with van der Waals surface area (Å²) in [5, 5.41) is 4.25. The van der Waals surface area contributed by atoms with Gasteiger partial charge in [0, 0.05) is 61.5 Å². The molecule has 4 aromatic rings. The first-order valence-electron chi connectivity index (χ1n) is 11.0. The van der Waals surface area contributed by atoms with E-state index in [1.807, 2.05) is 37.5 Å². The molecular weight excluding hydrogens is 418 g/mol. The molecule has 0 aliphatic carbocycles. The third kappa shape index (κ3) is 4.47. The molecule has 3 heterocycles. The highest BCUT2D eigenvalue weighted by Crippen LogP contribution is 2.35. The minimum atomic E-state index is 0.158. The number of ether oxygens (including phenoxy) is 3. The first kappa shape index (κ1) is 21.2. The fourth-order valence-corrected chi connectivity index (χ4v) is 4.16. The van der Waals surface area contributed by atoms with Crippen LogP contribution in [-0.4, -0.2) is 53.2 Å². The minimum Gasteiger partial charge on any atom is -0.497 e. The molecule has 0 saturated carbocycles. The van der Waals surface area contributed by atoms with E-state index in [-0.39, 0.29) is 6.10 Å². The molecule has 170 valence electrons. The van der Waals surface area contributed by atoms with Crippen LogP contribution in [0.5, 0.6) is 11.5 Å². The van der Waals surface area contributed by atoms with Crippen molar-refractivity contribution in [2.45, 2.75) is 18.9 Å². The van der Waals surface area contributed by atoms with E-state index in [1.54, 1.807) is 31.3 Å². The number of methoxy groups -OCH3 is 2. The van der Waals surface area contributed by atoms with Gasteiger partial charge in [-0.3, -0.25) is 9.67 Å². The van der Waals surface area contributed by atoms with Crippen LogP contribution >= 0.6 is 0 Å². The van der Waals surface area contributed by atoms with Crippen LogP contribution < -0.4 is 14.4 Å². The van der Waals surface area contributed by atoms with Crippen LogP contribution in [0.4, 0.5) is 11.4 Å². The molecule has 33 heavy (non-hydrogen) atoms. The number of anilines is 2. The molecule has 2 aromatic heterocycles. The molecule has 2 aromatic carbocycles. The quantitative estimate of drug-likeness (QED) is 0.418. The Balaban J connectivity index is 1.58. The third-order valence-corrected chi connectivity index (χ3v) is 5.90. The highest BCUT2D eigenvalue weighted by molar-refractivity contribution is 5.82. The van der Waals surface area contributed by atoms with E-state index in [9.17, 15) is 0 Å². The van der Waals surface area contributed by atoms with Gasteiger partial charge in [0.2, 0.25) is 0 Å². The van der Waals surface area contributed by atoms with Gasteiger partial charge < -0.3 is 19.1 Å².